The maximum atomic E-state index is 12.9. The van der Waals surface area contributed by atoms with Crippen molar-refractivity contribution in [2.75, 3.05) is 24.6 Å². The highest BCUT2D eigenvalue weighted by atomic mass is 32.2. The van der Waals surface area contributed by atoms with Crippen molar-refractivity contribution in [3.05, 3.63) is 60.2 Å². The van der Waals surface area contributed by atoms with E-state index < -0.39 is 22.6 Å². The molecule has 1 fully saturated rings. The van der Waals surface area contributed by atoms with E-state index >= 15 is 0 Å². The van der Waals surface area contributed by atoms with Crippen LogP contribution in [0.2, 0.25) is 0 Å². The standard InChI is InChI=1S/C23H28N2O5S/c1-18(2)25(20-11-5-3-6-12-20)22(26)17-30-23(27)19-10-9-13-21(16-19)31(28,29)24-14-7-4-8-15-24/h3,5-6,9-13,16,18H,4,7-8,14-15,17H2,1-2H3. The van der Waals surface area contributed by atoms with Gasteiger partial charge in [-0.3, -0.25) is 4.79 Å². The number of piperidine rings is 1. The minimum absolute atomic E-state index is 0.0586. The topological polar surface area (TPSA) is 84.0 Å². The largest absolute Gasteiger partial charge is 0.452 e. The SMILES string of the molecule is CC(C)N(C(=O)COC(=O)c1cccc(S(=O)(=O)N2CCCCC2)c1)c1ccccc1. The number of anilines is 1. The molecule has 8 heteroatoms. The molecule has 1 saturated heterocycles. The van der Waals surface area contributed by atoms with Crippen LogP contribution in [0.3, 0.4) is 0 Å². The number of carbonyl (C=O) groups excluding carboxylic acids is 2. The Labute approximate surface area is 183 Å². The number of hydrogen-bond acceptors (Lipinski definition) is 5. The van der Waals surface area contributed by atoms with Crippen LogP contribution < -0.4 is 4.90 Å². The molecule has 3 rings (SSSR count). The number of carbonyl (C=O) groups is 2. The van der Waals surface area contributed by atoms with Crippen molar-refractivity contribution in [3.63, 3.8) is 0 Å². The van der Waals surface area contributed by atoms with Crippen LogP contribution in [0.4, 0.5) is 5.69 Å². The first-order valence-corrected chi connectivity index (χ1v) is 11.9. The fourth-order valence-corrected chi connectivity index (χ4v) is 5.20. The van der Waals surface area contributed by atoms with Crippen LogP contribution in [0.1, 0.15) is 43.5 Å². The van der Waals surface area contributed by atoms with Crippen molar-refractivity contribution in [2.45, 2.75) is 44.0 Å². The summed E-state index contributed by atoms with van der Waals surface area (Å²) in [4.78, 5) is 26.9. The molecular formula is C23H28N2O5S. The fourth-order valence-electron chi connectivity index (χ4n) is 3.64. The zero-order valence-electron chi connectivity index (χ0n) is 17.9. The molecule has 1 amide bonds. The van der Waals surface area contributed by atoms with Crippen molar-refractivity contribution >= 4 is 27.6 Å². The minimum Gasteiger partial charge on any atom is -0.452 e. The van der Waals surface area contributed by atoms with Gasteiger partial charge in [0.25, 0.3) is 5.91 Å². The number of para-hydroxylation sites is 1. The van der Waals surface area contributed by atoms with E-state index in [9.17, 15) is 18.0 Å². The summed E-state index contributed by atoms with van der Waals surface area (Å²) in [6.07, 6.45) is 2.68. The van der Waals surface area contributed by atoms with Gasteiger partial charge in [-0.2, -0.15) is 4.31 Å². The molecule has 2 aromatic rings. The highest BCUT2D eigenvalue weighted by Gasteiger charge is 2.27. The third-order valence-electron chi connectivity index (χ3n) is 5.17. The first-order valence-electron chi connectivity index (χ1n) is 10.4. The predicted octanol–water partition coefficient (Wildman–Crippen LogP) is 3.46. The molecule has 2 aromatic carbocycles. The Morgan fingerprint density at radius 2 is 1.68 bits per heavy atom. The Morgan fingerprint density at radius 3 is 2.32 bits per heavy atom. The zero-order chi connectivity index (χ0) is 22.4. The molecule has 7 nitrogen and oxygen atoms in total. The maximum absolute atomic E-state index is 12.9. The normalized spacial score (nSPS) is 14.9. The Bertz CT molecular complexity index is 1020. The molecule has 0 radical (unpaired) electrons. The van der Waals surface area contributed by atoms with E-state index in [1.54, 1.807) is 4.90 Å². The molecule has 0 N–H and O–H groups in total. The fraction of sp³-hybridized carbons (Fsp3) is 0.391. The number of nitrogens with zero attached hydrogens (tertiary/aromatic N) is 2. The third kappa shape index (κ3) is 5.51. The average Bonchev–Trinajstić information content (AvgIpc) is 2.78. The van der Waals surface area contributed by atoms with Crippen molar-refractivity contribution in [1.29, 1.82) is 0 Å². The predicted molar refractivity (Wildman–Crippen MR) is 118 cm³/mol. The minimum atomic E-state index is -3.66. The second-order valence-corrected chi connectivity index (χ2v) is 9.70. The molecule has 0 spiro atoms. The first-order chi connectivity index (χ1) is 14.8. The van der Waals surface area contributed by atoms with Crippen LogP contribution in [0.25, 0.3) is 0 Å². The van der Waals surface area contributed by atoms with Gasteiger partial charge in [0.15, 0.2) is 6.61 Å². The number of amides is 1. The summed E-state index contributed by atoms with van der Waals surface area (Å²) < 4.78 is 32.4. The monoisotopic (exact) mass is 444 g/mol. The van der Waals surface area contributed by atoms with Crippen LogP contribution in [0.5, 0.6) is 0 Å². The quantitative estimate of drug-likeness (QED) is 0.611. The van der Waals surface area contributed by atoms with Crippen molar-refractivity contribution in [2.24, 2.45) is 0 Å². The lowest BCUT2D eigenvalue weighted by atomic mass is 10.2. The summed E-state index contributed by atoms with van der Waals surface area (Å²) in [5.74, 6) is -1.09. The molecule has 166 valence electrons. The van der Waals surface area contributed by atoms with E-state index in [-0.39, 0.29) is 22.4 Å². The molecule has 31 heavy (non-hydrogen) atoms. The Kier molecular flexibility index (Phi) is 7.46. The molecule has 0 aromatic heterocycles. The highest BCUT2D eigenvalue weighted by Crippen LogP contribution is 2.22. The van der Waals surface area contributed by atoms with E-state index in [1.807, 2.05) is 44.2 Å². The summed E-state index contributed by atoms with van der Waals surface area (Å²) in [6.45, 7) is 4.28. The average molecular weight is 445 g/mol. The van der Waals surface area contributed by atoms with Gasteiger partial charge in [0.05, 0.1) is 10.5 Å². The van der Waals surface area contributed by atoms with Crippen molar-refractivity contribution < 1.29 is 22.7 Å². The van der Waals surface area contributed by atoms with Crippen LogP contribution in [0, 0.1) is 0 Å². The van der Waals surface area contributed by atoms with Gasteiger partial charge in [-0.05, 0) is 57.0 Å². The van der Waals surface area contributed by atoms with Crippen molar-refractivity contribution in [3.8, 4) is 0 Å². The Hall–Kier alpha value is -2.71. The van der Waals surface area contributed by atoms with Crippen LogP contribution >= 0.6 is 0 Å². The second kappa shape index (κ2) is 10.1. The smallest absolute Gasteiger partial charge is 0.338 e. The van der Waals surface area contributed by atoms with Gasteiger partial charge in [0.1, 0.15) is 0 Å². The number of sulfonamides is 1. The molecule has 0 saturated carbocycles. The summed E-state index contributed by atoms with van der Waals surface area (Å²) in [5.41, 5.74) is 0.815. The molecule has 0 aliphatic carbocycles. The summed E-state index contributed by atoms with van der Waals surface area (Å²) in [7, 11) is -3.66. The number of hydrogen-bond donors (Lipinski definition) is 0. The molecule has 0 unspecified atom stereocenters. The van der Waals surface area contributed by atoms with Gasteiger partial charge in [-0.1, -0.05) is 30.7 Å². The van der Waals surface area contributed by atoms with Crippen LogP contribution in [-0.2, 0) is 19.6 Å². The van der Waals surface area contributed by atoms with E-state index in [1.165, 1.54) is 28.6 Å². The maximum Gasteiger partial charge on any atom is 0.338 e. The Morgan fingerprint density at radius 1 is 1.00 bits per heavy atom. The third-order valence-corrected chi connectivity index (χ3v) is 7.06. The van der Waals surface area contributed by atoms with E-state index in [0.29, 0.717) is 18.8 Å². The number of rotatable bonds is 7. The second-order valence-electron chi connectivity index (χ2n) is 7.76. The summed E-state index contributed by atoms with van der Waals surface area (Å²) >= 11 is 0. The number of esters is 1. The lowest BCUT2D eigenvalue weighted by Crippen LogP contribution is -2.39. The molecule has 1 aliphatic heterocycles. The summed E-state index contributed by atoms with van der Waals surface area (Å²) in [6, 6.07) is 14.8. The van der Waals surface area contributed by atoms with Gasteiger partial charge in [0.2, 0.25) is 10.0 Å². The molecule has 0 bridgehead atoms. The van der Waals surface area contributed by atoms with Gasteiger partial charge in [0, 0.05) is 24.8 Å². The number of ether oxygens (including phenoxy) is 1. The molecule has 1 aliphatic rings. The van der Waals surface area contributed by atoms with Crippen molar-refractivity contribution in [1.82, 2.24) is 4.31 Å². The molecular weight excluding hydrogens is 416 g/mol. The lowest BCUT2D eigenvalue weighted by Gasteiger charge is -2.26. The van der Waals surface area contributed by atoms with Gasteiger partial charge < -0.3 is 9.64 Å². The van der Waals surface area contributed by atoms with Gasteiger partial charge >= 0.3 is 5.97 Å². The van der Waals surface area contributed by atoms with E-state index in [2.05, 4.69) is 0 Å². The van der Waals surface area contributed by atoms with Gasteiger partial charge in [-0.25, -0.2) is 13.2 Å². The molecule has 0 atom stereocenters. The lowest BCUT2D eigenvalue weighted by molar-refractivity contribution is -0.122. The van der Waals surface area contributed by atoms with Gasteiger partial charge in [-0.15, -0.1) is 0 Å². The Balaban J connectivity index is 1.69. The van der Waals surface area contributed by atoms with E-state index in [4.69, 9.17) is 4.74 Å². The molecule has 1 heterocycles. The number of benzene rings is 2. The highest BCUT2D eigenvalue weighted by molar-refractivity contribution is 7.89. The summed E-state index contributed by atoms with van der Waals surface area (Å²) in [5, 5.41) is 0. The first kappa shape index (κ1) is 23.0. The zero-order valence-corrected chi connectivity index (χ0v) is 18.7. The van der Waals surface area contributed by atoms with Crippen LogP contribution in [0.15, 0.2) is 59.5 Å². The van der Waals surface area contributed by atoms with E-state index in [0.717, 1.165) is 19.3 Å². The van der Waals surface area contributed by atoms with Crippen LogP contribution in [-0.4, -0.2) is 50.3 Å².